The van der Waals surface area contributed by atoms with Crippen LogP contribution in [0, 0.1) is 22.7 Å². The molecule has 0 spiro atoms. The highest BCUT2D eigenvalue weighted by Gasteiger charge is 2.68. The number of furan rings is 1. The van der Waals surface area contributed by atoms with Crippen molar-refractivity contribution in [2.75, 3.05) is 0 Å². The summed E-state index contributed by atoms with van der Waals surface area (Å²) in [7, 11) is 0. The lowest BCUT2D eigenvalue weighted by molar-refractivity contribution is -0.286. The Labute approximate surface area is 139 Å². The lowest BCUT2D eigenvalue weighted by atomic mass is 9.40. The molecule has 1 aromatic rings. The minimum Gasteiger partial charge on any atom is -0.469 e. The highest BCUT2D eigenvalue weighted by molar-refractivity contribution is 5.30. The summed E-state index contributed by atoms with van der Waals surface area (Å²) < 4.78 is 5.77. The molecule has 6 atom stereocenters. The fourth-order valence-electron chi connectivity index (χ4n) is 6.70. The minimum absolute atomic E-state index is 0.253. The van der Waals surface area contributed by atoms with Crippen LogP contribution in [0.2, 0.25) is 0 Å². The van der Waals surface area contributed by atoms with Gasteiger partial charge in [0.25, 0.3) is 0 Å². The molecule has 0 saturated heterocycles. The van der Waals surface area contributed by atoms with E-state index in [-0.39, 0.29) is 10.8 Å². The van der Waals surface area contributed by atoms with Crippen LogP contribution in [0.25, 0.3) is 0 Å². The van der Waals surface area contributed by atoms with Crippen molar-refractivity contribution >= 4 is 0 Å². The van der Waals surface area contributed by atoms with Crippen LogP contribution in [0.1, 0.15) is 70.6 Å². The molecule has 0 radical (unpaired) electrons. The Kier molecular flexibility index (Phi) is 3.17. The lowest BCUT2D eigenvalue weighted by Gasteiger charge is -2.67. The van der Waals surface area contributed by atoms with E-state index < -0.39 is 11.7 Å². The maximum absolute atomic E-state index is 11.8. The molecule has 0 aromatic carbocycles. The van der Waals surface area contributed by atoms with Gasteiger partial charge in [-0.25, -0.2) is 0 Å². The predicted molar refractivity (Wildman–Crippen MR) is 89.1 cm³/mol. The molecule has 4 rings (SSSR count). The topological polar surface area (TPSA) is 53.6 Å². The Morgan fingerprint density at radius 1 is 1.22 bits per heavy atom. The predicted octanol–water partition coefficient (Wildman–Crippen LogP) is 3.88. The molecule has 0 unspecified atom stereocenters. The van der Waals surface area contributed by atoms with Crippen LogP contribution in [0.4, 0.5) is 0 Å². The van der Waals surface area contributed by atoms with Crippen molar-refractivity contribution in [1.82, 2.24) is 0 Å². The van der Waals surface area contributed by atoms with E-state index in [2.05, 4.69) is 33.8 Å². The molecule has 3 nitrogen and oxygen atoms in total. The van der Waals surface area contributed by atoms with Gasteiger partial charge >= 0.3 is 0 Å². The second-order valence-corrected chi connectivity index (χ2v) is 9.24. The molecule has 2 N–H and O–H groups in total. The van der Waals surface area contributed by atoms with Crippen LogP contribution in [-0.4, -0.2) is 21.9 Å². The Balaban J connectivity index is 1.84. The fourth-order valence-corrected chi connectivity index (χ4v) is 6.70. The summed E-state index contributed by atoms with van der Waals surface area (Å²) >= 11 is 0. The zero-order valence-electron chi connectivity index (χ0n) is 14.8. The van der Waals surface area contributed by atoms with Crippen molar-refractivity contribution in [2.24, 2.45) is 22.7 Å². The maximum Gasteiger partial charge on any atom is 0.107 e. The zero-order chi connectivity index (χ0) is 16.6. The molecular weight excluding hydrogens is 288 g/mol. The van der Waals surface area contributed by atoms with Crippen molar-refractivity contribution in [2.45, 2.75) is 77.4 Å². The summed E-state index contributed by atoms with van der Waals surface area (Å²) in [6.07, 6.45) is 5.86. The molecule has 2 fully saturated rings. The van der Waals surface area contributed by atoms with Crippen molar-refractivity contribution in [3.8, 4) is 0 Å². The largest absolute Gasteiger partial charge is 0.469 e. The Morgan fingerprint density at radius 2 is 1.96 bits per heavy atom. The summed E-state index contributed by atoms with van der Waals surface area (Å²) in [6.45, 7) is 8.77. The van der Waals surface area contributed by atoms with Crippen molar-refractivity contribution in [3.63, 3.8) is 0 Å². The highest BCUT2D eigenvalue weighted by atomic mass is 16.3. The first-order valence-corrected chi connectivity index (χ1v) is 9.19. The third kappa shape index (κ3) is 1.73. The Morgan fingerprint density at radius 3 is 2.70 bits per heavy atom. The van der Waals surface area contributed by atoms with Gasteiger partial charge in [0.15, 0.2) is 0 Å². The van der Waals surface area contributed by atoms with Gasteiger partial charge in [0.1, 0.15) is 11.4 Å². The number of rotatable bonds is 0. The summed E-state index contributed by atoms with van der Waals surface area (Å²) in [4.78, 5) is 0. The molecule has 0 amide bonds. The quantitative estimate of drug-likeness (QED) is 0.763. The van der Waals surface area contributed by atoms with Crippen LogP contribution in [0.3, 0.4) is 0 Å². The van der Waals surface area contributed by atoms with E-state index in [4.69, 9.17) is 4.42 Å². The van der Waals surface area contributed by atoms with Gasteiger partial charge in [0.2, 0.25) is 0 Å². The van der Waals surface area contributed by atoms with Gasteiger partial charge in [-0.15, -0.1) is 0 Å². The third-order valence-electron chi connectivity index (χ3n) is 8.03. The molecule has 0 bridgehead atoms. The van der Waals surface area contributed by atoms with Crippen molar-refractivity contribution < 1.29 is 14.6 Å². The Bertz CT molecular complexity index is 618. The van der Waals surface area contributed by atoms with Gasteiger partial charge in [0, 0.05) is 11.8 Å². The van der Waals surface area contributed by atoms with Gasteiger partial charge in [-0.1, -0.05) is 34.1 Å². The molecule has 3 heteroatoms. The molecule has 3 aliphatic rings. The van der Waals surface area contributed by atoms with Crippen molar-refractivity contribution in [1.29, 1.82) is 0 Å². The van der Waals surface area contributed by atoms with E-state index in [9.17, 15) is 10.2 Å². The van der Waals surface area contributed by atoms with E-state index in [1.807, 2.05) is 0 Å². The number of aliphatic hydroxyl groups excluding tert-OH is 1. The molecule has 2 saturated carbocycles. The van der Waals surface area contributed by atoms with Crippen LogP contribution < -0.4 is 0 Å². The molecule has 1 heterocycles. The monoisotopic (exact) mass is 318 g/mol. The summed E-state index contributed by atoms with van der Waals surface area (Å²) in [6, 6.07) is 2.09. The van der Waals surface area contributed by atoms with Crippen LogP contribution in [0.15, 0.2) is 16.7 Å². The van der Waals surface area contributed by atoms with E-state index in [1.54, 1.807) is 6.26 Å². The molecular formula is C20H30O3. The first kappa shape index (κ1) is 15.7. The summed E-state index contributed by atoms with van der Waals surface area (Å²) in [5.41, 5.74) is -0.210. The van der Waals surface area contributed by atoms with E-state index in [0.717, 1.165) is 31.4 Å². The summed E-state index contributed by atoms with van der Waals surface area (Å²) in [5.74, 6) is 2.30. The van der Waals surface area contributed by atoms with Gasteiger partial charge in [-0.05, 0) is 54.1 Å². The lowest BCUT2D eigenvalue weighted by Crippen LogP contribution is -2.72. The van der Waals surface area contributed by atoms with E-state index in [0.29, 0.717) is 24.2 Å². The molecule has 128 valence electrons. The number of hydrogen-bond donors (Lipinski definition) is 2. The smallest absolute Gasteiger partial charge is 0.107 e. The Hall–Kier alpha value is -0.800. The van der Waals surface area contributed by atoms with E-state index >= 15 is 0 Å². The molecule has 0 aliphatic heterocycles. The summed E-state index contributed by atoms with van der Waals surface area (Å²) in [5, 5.41) is 22.8. The average molecular weight is 318 g/mol. The van der Waals surface area contributed by atoms with E-state index in [1.165, 1.54) is 5.56 Å². The van der Waals surface area contributed by atoms with Crippen LogP contribution in [-0.2, 0) is 6.42 Å². The number of hydrogen-bond acceptors (Lipinski definition) is 3. The molecule has 1 aromatic heterocycles. The first-order chi connectivity index (χ1) is 10.7. The van der Waals surface area contributed by atoms with Gasteiger partial charge in [-0.2, -0.15) is 0 Å². The second kappa shape index (κ2) is 4.64. The number of fused-ring (bicyclic) bond motifs is 4. The molecule has 23 heavy (non-hydrogen) atoms. The molecule has 3 aliphatic carbocycles. The van der Waals surface area contributed by atoms with Crippen molar-refractivity contribution in [3.05, 3.63) is 23.7 Å². The number of aliphatic hydroxyl groups is 2. The highest BCUT2D eigenvalue weighted by Crippen LogP contribution is 2.66. The fraction of sp³-hybridized carbons (Fsp3) is 0.800. The average Bonchev–Trinajstić information content (AvgIpc) is 2.94. The standard InChI is InChI=1S/C20H30O3/c1-12-13-6-9-23-16(13)11-15-14(12)10-17(21)20(22)18(2,3)7-5-8-19(15,20)4/h6,9,12,14-15,17,21-22H,5,7-8,10-11H2,1-4H3/t12-,14-,15-,17+,19+,20+/m0/s1. The van der Waals surface area contributed by atoms with Gasteiger partial charge in [-0.3, -0.25) is 0 Å². The third-order valence-corrected chi connectivity index (χ3v) is 8.03. The van der Waals surface area contributed by atoms with Gasteiger partial charge in [0.05, 0.1) is 12.4 Å². The van der Waals surface area contributed by atoms with Crippen LogP contribution in [0.5, 0.6) is 0 Å². The SMILES string of the molecule is C[C@H]1c2ccoc2C[C@H]2[C@H]1C[C@@H](O)[C@@]1(O)C(C)(C)CCC[C@]21C. The zero-order valence-corrected chi connectivity index (χ0v) is 14.8. The van der Waals surface area contributed by atoms with Gasteiger partial charge < -0.3 is 14.6 Å². The second-order valence-electron chi connectivity index (χ2n) is 9.24. The van der Waals surface area contributed by atoms with Crippen LogP contribution >= 0.6 is 0 Å². The first-order valence-electron chi connectivity index (χ1n) is 9.19. The maximum atomic E-state index is 11.8. The minimum atomic E-state index is -1.01. The normalized spacial score (nSPS) is 48.3.